The summed E-state index contributed by atoms with van der Waals surface area (Å²) >= 11 is 6.29. The van der Waals surface area contributed by atoms with Crippen LogP contribution in [0.25, 0.3) is 0 Å². The molecule has 4 rings (SSSR count). The highest BCUT2D eigenvalue weighted by atomic mass is 35.5. The Morgan fingerprint density at radius 2 is 1.89 bits per heavy atom. The molecule has 2 N–H and O–H groups in total. The Hall–Kier alpha value is -3.52. The van der Waals surface area contributed by atoms with E-state index < -0.39 is 16.6 Å². The number of sulfonamides is 1. The molecular weight excluding hydrogens is 518 g/mol. The van der Waals surface area contributed by atoms with Gasteiger partial charge in [0.25, 0.3) is 15.9 Å². The molecule has 0 fully saturated rings. The van der Waals surface area contributed by atoms with Crippen LogP contribution in [0.2, 0.25) is 5.02 Å². The van der Waals surface area contributed by atoms with Gasteiger partial charge in [0.05, 0.1) is 23.6 Å². The third kappa shape index (κ3) is 5.65. The van der Waals surface area contributed by atoms with Crippen LogP contribution in [0.15, 0.2) is 41.3 Å². The number of aromatic nitrogens is 2. The van der Waals surface area contributed by atoms with Gasteiger partial charge in [0.15, 0.2) is 23.1 Å². The summed E-state index contributed by atoms with van der Waals surface area (Å²) in [6, 6.07) is 8.80. The van der Waals surface area contributed by atoms with E-state index in [1.165, 1.54) is 38.5 Å². The van der Waals surface area contributed by atoms with Gasteiger partial charge < -0.3 is 33.5 Å². The van der Waals surface area contributed by atoms with E-state index >= 15 is 0 Å². The quantitative estimate of drug-likeness (QED) is 0.346. The summed E-state index contributed by atoms with van der Waals surface area (Å²) in [4.78, 5) is 8.12. The van der Waals surface area contributed by atoms with Crippen LogP contribution in [-0.2, 0) is 21.4 Å². The van der Waals surface area contributed by atoms with Crippen LogP contribution >= 0.6 is 11.6 Å². The molecule has 0 saturated carbocycles. The number of nitrogens with zero attached hydrogens (tertiary/aromatic N) is 2. The van der Waals surface area contributed by atoms with Crippen molar-refractivity contribution in [2.24, 2.45) is 0 Å². The van der Waals surface area contributed by atoms with Gasteiger partial charge in [0.1, 0.15) is 24.7 Å². The fourth-order valence-electron chi connectivity index (χ4n) is 3.05. The average Bonchev–Trinajstić information content (AvgIpc) is 3.34. The fraction of sp³-hybridized carbons (Fsp3) is 0.273. The summed E-state index contributed by atoms with van der Waals surface area (Å²) in [5, 5.41) is 9.88. The average molecular weight is 540 g/mol. The Balaban J connectivity index is 1.78. The topological polar surface area (TPSA) is 148 Å². The number of methoxy groups -OCH3 is 2. The summed E-state index contributed by atoms with van der Waals surface area (Å²) in [7, 11) is -1.26. The number of aliphatic hydroxyl groups excluding tert-OH is 1. The highest BCUT2D eigenvalue weighted by Gasteiger charge is 2.26. The molecule has 0 bridgehead atoms. The number of hydrogen-bond acceptors (Lipinski definition) is 11. The van der Waals surface area contributed by atoms with Crippen LogP contribution in [-0.4, -0.2) is 57.7 Å². The maximum absolute atomic E-state index is 13.3. The number of ether oxygens (including phenoxy) is 6. The Morgan fingerprint density at radius 1 is 1.08 bits per heavy atom. The molecule has 1 aliphatic rings. The van der Waals surface area contributed by atoms with Crippen molar-refractivity contribution < 1.29 is 41.9 Å². The number of halogens is 1. The molecule has 0 atom stereocenters. The van der Waals surface area contributed by atoms with Crippen molar-refractivity contribution in [2.75, 3.05) is 38.9 Å². The summed E-state index contributed by atoms with van der Waals surface area (Å²) in [5.41, 5.74) is 0. The number of anilines is 1. The van der Waals surface area contributed by atoms with E-state index in [2.05, 4.69) is 14.7 Å². The van der Waals surface area contributed by atoms with E-state index in [0.717, 1.165) is 0 Å². The van der Waals surface area contributed by atoms with E-state index in [-0.39, 0.29) is 64.7 Å². The summed E-state index contributed by atoms with van der Waals surface area (Å²) in [6.07, 6.45) is 0. The van der Waals surface area contributed by atoms with Crippen LogP contribution in [0.1, 0.15) is 5.82 Å². The number of fused-ring (bicyclic) bond motifs is 1. The van der Waals surface area contributed by atoms with Crippen molar-refractivity contribution in [3.8, 4) is 34.6 Å². The molecule has 0 spiro atoms. The highest BCUT2D eigenvalue weighted by molar-refractivity contribution is 7.92. The third-order valence-electron chi connectivity index (χ3n) is 4.78. The molecule has 12 nitrogen and oxygen atoms in total. The zero-order chi connectivity index (χ0) is 25.7. The molecule has 0 unspecified atom stereocenters. The number of aliphatic hydroxyl groups is 1. The first-order valence-corrected chi connectivity index (χ1v) is 12.3. The predicted octanol–water partition coefficient (Wildman–Crippen LogP) is 2.98. The van der Waals surface area contributed by atoms with Gasteiger partial charge in [-0.3, -0.25) is 4.72 Å². The van der Waals surface area contributed by atoms with Gasteiger partial charge in [0, 0.05) is 19.2 Å². The van der Waals surface area contributed by atoms with E-state index in [0.29, 0.717) is 11.5 Å². The number of rotatable bonds is 11. The maximum atomic E-state index is 13.3. The Bertz CT molecular complexity index is 1350. The van der Waals surface area contributed by atoms with Gasteiger partial charge >= 0.3 is 0 Å². The lowest BCUT2D eigenvalue weighted by Gasteiger charge is -2.18. The SMILES string of the molecule is COCCOc1nc(CO)nc(NS(=O)(=O)c2ccc3c(c2)OCO3)c1Oc1cc(OC)ccc1Cl. The lowest BCUT2D eigenvalue weighted by atomic mass is 10.3. The van der Waals surface area contributed by atoms with Gasteiger partial charge in [-0.15, -0.1) is 0 Å². The molecule has 0 aliphatic carbocycles. The van der Waals surface area contributed by atoms with Crippen molar-refractivity contribution in [3.63, 3.8) is 0 Å². The summed E-state index contributed by atoms with van der Waals surface area (Å²) in [6.45, 7) is -0.357. The van der Waals surface area contributed by atoms with Crippen LogP contribution in [0.4, 0.5) is 5.82 Å². The highest BCUT2D eigenvalue weighted by Crippen LogP contribution is 2.41. The zero-order valence-electron chi connectivity index (χ0n) is 19.2. The molecule has 36 heavy (non-hydrogen) atoms. The largest absolute Gasteiger partial charge is 0.497 e. The maximum Gasteiger partial charge on any atom is 0.263 e. The fourth-order valence-corrected chi connectivity index (χ4v) is 4.23. The monoisotopic (exact) mass is 539 g/mol. The molecule has 1 aromatic heterocycles. The van der Waals surface area contributed by atoms with E-state index in [1.807, 2.05) is 0 Å². The van der Waals surface area contributed by atoms with Crippen molar-refractivity contribution in [3.05, 3.63) is 47.2 Å². The first-order chi connectivity index (χ1) is 17.3. The van der Waals surface area contributed by atoms with E-state index in [4.69, 9.17) is 40.0 Å². The van der Waals surface area contributed by atoms with Crippen molar-refractivity contribution in [2.45, 2.75) is 11.5 Å². The van der Waals surface area contributed by atoms with E-state index in [9.17, 15) is 13.5 Å². The minimum Gasteiger partial charge on any atom is -0.497 e. The second-order valence-corrected chi connectivity index (χ2v) is 9.23. The second-order valence-electron chi connectivity index (χ2n) is 7.14. The van der Waals surface area contributed by atoms with Crippen LogP contribution in [0.5, 0.6) is 34.6 Å². The van der Waals surface area contributed by atoms with Gasteiger partial charge in [-0.25, -0.2) is 13.4 Å². The molecule has 0 amide bonds. The van der Waals surface area contributed by atoms with Crippen LogP contribution in [0, 0.1) is 0 Å². The number of hydrogen-bond donors (Lipinski definition) is 2. The van der Waals surface area contributed by atoms with Gasteiger partial charge in [-0.2, -0.15) is 4.98 Å². The van der Waals surface area contributed by atoms with Crippen molar-refractivity contribution in [1.82, 2.24) is 9.97 Å². The van der Waals surface area contributed by atoms with Gasteiger partial charge in [-0.05, 0) is 24.3 Å². The molecule has 0 radical (unpaired) electrons. The molecular formula is C22H22ClN3O9S. The molecule has 1 aliphatic heterocycles. The minimum absolute atomic E-state index is 0.0144. The van der Waals surface area contributed by atoms with Crippen LogP contribution in [0.3, 0.4) is 0 Å². The Morgan fingerprint density at radius 3 is 2.64 bits per heavy atom. The standard InChI is InChI=1S/C22H22ClN3O9S/c1-30-7-8-32-22-20(35-17-9-13(31-2)3-5-15(17)23)21(24-19(11-27)25-22)26-36(28,29)14-4-6-16-18(10-14)34-12-33-16/h3-6,9-10,27H,7-8,11-12H2,1-2H3,(H,24,25,26). The molecule has 14 heteroatoms. The molecule has 2 heterocycles. The second kappa shape index (κ2) is 11.0. The number of benzene rings is 2. The molecule has 0 saturated heterocycles. The molecule has 3 aromatic rings. The normalized spacial score (nSPS) is 12.3. The third-order valence-corrected chi connectivity index (χ3v) is 6.43. The Labute approximate surface area is 211 Å². The first kappa shape index (κ1) is 25.6. The lowest BCUT2D eigenvalue weighted by Crippen LogP contribution is -2.17. The predicted molar refractivity (Wildman–Crippen MR) is 127 cm³/mol. The zero-order valence-corrected chi connectivity index (χ0v) is 20.8. The first-order valence-electron chi connectivity index (χ1n) is 10.4. The smallest absolute Gasteiger partial charge is 0.263 e. The lowest BCUT2D eigenvalue weighted by molar-refractivity contribution is 0.141. The van der Waals surface area contributed by atoms with Gasteiger partial charge in [0.2, 0.25) is 12.5 Å². The van der Waals surface area contributed by atoms with Gasteiger partial charge in [-0.1, -0.05) is 11.6 Å². The molecule has 192 valence electrons. The van der Waals surface area contributed by atoms with Crippen molar-refractivity contribution in [1.29, 1.82) is 0 Å². The van der Waals surface area contributed by atoms with Crippen molar-refractivity contribution >= 4 is 27.4 Å². The van der Waals surface area contributed by atoms with E-state index in [1.54, 1.807) is 12.1 Å². The molecule has 2 aromatic carbocycles. The number of nitrogens with one attached hydrogen (secondary N) is 1. The van der Waals surface area contributed by atoms with Crippen LogP contribution < -0.4 is 28.4 Å². The summed E-state index contributed by atoms with van der Waals surface area (Å²) in [5.74, 6) is 0.510. The summed E-state index contributed by atoms with van der Waals surface area (Å²) < 4.78 is 61.2. The Kier molecular flexibility index (Phi) is 7.84. The minimum atomic E-state index is -4.21.